The zero-order valence-electron chi connectivity index (χ0n) is 16.1. The lowest BCUT2D eigenvalue weighted by molar-refractivity contribution is 0.256. The Morgan fingerprint density at radius 1 is 1.40 bits per heavy atom. The van der Waals surface area contributed by atoms with Crippen molar-refractivity contribution in [3.8, 4) is 11.8 Å². The van der Waals surface area contributed by atoms with E-state index in [1.165, 1.54) is 36.4 Å². The van der Waals surface area contributed by atoms with E-state index in [0.29, 0.717) is 29.7 Å². The summed E-state index contributed by atoms with van der Waals surface area (Å²) >= 11 is 5.83. The van der Waals surface area contributed by atoms with Crippen molar-refractivity contribution >= 4 is 29.0 Å². The number of pyridine rings is 1. The molecule has 3 heterocycles. The third-order valence-electron chi connectivity index (χ3n) is 4.70. The van der Waals surface area contributed by atoms with Crippen molar-refractivity contribution in [1.82, 2.24) is 15.2 Å². The Hall–Kier alpha value is -3.33. The Morgan fingerprint density at radius 3 is 3.00 bits per heavy atom. The number of ether oxygens (including phenoxy) is 2. The maximum absolute atomic E-state index is 13.4. The number of amides is 2. The minimum absolute atomic E-state index is 0.0785. The smallest absolute Gasteiger partial charge is 0.326 e. The van der Waals surface area contributed by atoms with E-state index in [-0.39, 0.29) is 11.6 Å². The number of rotatable bonds is 5. The monoisotopic (exact) mass is 431 g/mol. The number of hydrogen-bond donors (Lipinski definition) is 2. The van der Waals surface area contributed by atoms with Crippen LogP contribution in [0.1, 0.15) is 17.7 Å². The predicted octanol–water partition coefficient (Wildman–Crippen LogP) is 4.17. The second kappa shape index (κ2) is 8.58. The fraction of sp³-hybridized carbons (Fsp3) is 0.250. The molecule has 1 aromatic carbocycles. The van der Waals surface area contributed by atoms with Gasteiger partial charge < -0.3 is 14.8 Å². The normalized spacial score (nSPS) is 12.6. The van der Waals surface area contributed by atoms with Crippen LogP contribution in [0.5, 0.6) is 11.8 Å². The molecule has 0 radical (unpaired) electrons. The molecule has 1 aliphatic rings. The molecule has 4 rings (SSSR count). The van der Waals surface area contributed by atoms with Crippen LogP contribution < -0.4 is 19.7 Å². The molecule has 10 heteroatoms. The first-order chi connectivity index (χ1) is 14.5. The highest BCUT2D eigenvalue weighted by Crippen LogP contribution is 2.28. The lowest BCUT2D eigenvalue weighted by atomic mass is 10.1. The Morgan fingerprint density at radius 2 is 2.27 bits per heavy atom. The molecule has 0 bridgehead atoms. The number of nitrogens with zero attached hydrogens (tertiary/aromatic N) is 3. The van der Waals surface area contributed by atoms with Gasteiger partial charge in [0.15, 0.2) is 0 Å². The molecule has 156 valence electrons. The van der Waals surface area contributed by atoms with E-state index in [4.69, 9.17) is 21.1 Å². The molecule has 0 unspecified atom stereocenters. The summed E-state index contributed by atoms with van der Waals surface area (Å²) in [5, 5.41) is 9.82. The summed E-state index contributed by atoms with van der Waals surface area (Å²) in [5.74, 6) is 0.432. The molecule has 2 N–H and O–H groups in total. The number of benzene rings is 1. The highest BCUT2D eigenvalue weighted by molar-refractivity contribution is 6.31. The number of H-pyrrole nitrogens is 1. The number of nitrogens with one attached hydrogen (secondary N) is 2. The molecule has 8 nitrogen and oxygen atoms in total. The third-order valence-corrected chi connectivity index (χ3v) is 4.99. The Bertz CT molecular complexity index is 1060. The molecular weight excluding hydrogens is 413 g/mol. The summed E-state index contributed by atoms with van der Waals surface area (Å²) in [6.07, 6.45) is 3.23. The van der Waals surface area contributed by atoms with Crippen molar-refractivity contribution in [2.75, 3.05) is 23.9 Å². The van der Waals surface area contributed by atoms with Crippen LogP contribution in [0.25, 0.3) is 0 Å². The average molecular weight is 432 g/mol. The van der Waals surface area contributed by atoms with Gasteiger partial charge in [0.25, 0.3) is 0 Å². The zero-order valence-corrected chi connectivity index (χ0v) is 16.9. The van der Waals surface area contributed by atoms with Gasteiger partial charge in [-0.1, -0.05) is 11.6 Å². The van der Waals surface area contributed by atoms with E-state index in [1.807, 2.05) is 0 Å². The van der Waals surface area contributed by atoms with Crippen molar-refractivity contribution in [3.05, 3.63) is 58.6 Å². The average Bonchev–Trinajstić information content (AvgIpc) is 3.17. The van der Waals surface area contributed by atoms with Crippen LogP contribution in [0.2, 0.25) is 5.02 Å². The molecule has 0 saturated heterocycles. The SMILES string of the molecule is COc1ccc(N(Cc2[nH]nc3c2CCCO3)C(=O)Nc2ccc(F)c(Cl)c2)cn1. The first-order valence-corrected chi connectivity index (χ1v) is 9.65. The molecule has 0 spiro atoms. The van der Waals surface area contributed by atoms with Crippen LogP contribution >= 0.6 is 11.6 Å². The van der Waals surface area contributed by atoms with E-state index in [0.717, 1.165) is 24.1 Å². The van der Waals surface area contributed by atoms with Gasteiger partial charge in [-0.15, -0.1) is 5.10 Å². The van der Waals surface area contributed by atoms with Crippen LogP contribution in [-0.2, 0) is 13.0 Å². The molecular formula is C20H19ClFN5O3. The van der Waals surface area contributed by atoms with Crippen molar-refractivity contribution < 1.29 is 18.7 Å². The van der Waals surface area contributed by atoms with Gasteiger partial charge in [-0.25, -0.2) is 14.2 Å². The van der Waals surface area contributed by atoms with Crippen molar-refractivity contribution in [3.63, 3.8) is 0 Å². The van der Waals surface area contributed by atoms with Crippen molar-refractivity contribution in [2.45, 2.75) is 19.4 Å². The Kier molecular flexibility index (Phi) is 5.71. The number of anilines is 2. The van der Waals surface area contributed by atoms with E-state index < -0.39 is 11.8 Å². The largest absolute Gasteiger partial charge is 0.481 e. The number of halogens is 2. The zero-order chi connectivity index (χ0) is 21.1. The number of carbonyl (C=O) groups excluding carboxylic acids is 1. The fourth-order valence-electron chi connectivity index (χ4n) is 3.16. The maximum Gasteiger partial charge on any atom is 0.326 e. The highest BCUT2D eigenvalue weighted by Gasteiger charge is 2.24. The van der Waals surface area contributed by atoms with Gasteiger partial charge in [-0.05, 0) is 37.1 Å². The van der Waals surface area contributed by atoms with Gasteiger partial charge in [-0.3, -0.25) is 10.00 Å². The summed E-state index contributed by atoms with van der Waals surface area (Å²) in [4.78, 5) is 18.8. The number of aromatic amines is 1. The summed E-state index contributed by atoms with van der Waals surface area (Å²) in [6, 6.07) is 6.93. The fourth-order valence-corrected chi connectivity index (χ4v) is 3.34. The predicted molar refractivity (Wildman–Crippen MR) is 110 cm³/mol. The van der Waals surface area contributed by atoms with Gasteiger partial charge in [0.1, 0.15) is 5.82 Å². The summed E-state index contributed by atoms with van der Waals surface area (Å²) in [7, 11) is 1.52. The summed E-state index contributed by atoms with van der Waals surface area (Å²) in [5.41, 5.74) is 2.63. The lowest BCUT2D eigenvalue weighted by Gasteiger charge is -2.23. The van der Waals surface area contributed by atoms with Gasteiger partial charge >= 0.3 is 6.03 Å². The minimum atomic E-state index is -0.560. The highest BCUT2D eigenvalue weighted by atomic mass is 35.5. The molecule has 1 aliphatic heterocycles. The van der Waals surface area contributed by atoms with Crippen molar-refractivity contribution in [1.29, 1.82) is 0 Å². The van der Waals surface area contributed by atoms with E-state index in [1.54, 1.807) is 12.1 Å². The molecule has 0 fully saturated rings. The second-order valence-corrected chi connectivity index (χ2v) is 7.05. The van der Waals surface area contributed by atoms with E-state index in [9.17, 15) is 9.18 Å². The number of hydrogen-bond acceptors (Lipinski definition) is 5. The number of methoxy groups -OCH3 is 1. The third kappa shape index (κ3) is 4.16. The number of urea groups is 1. The van der Waals surface area contributed by atoms with Gasteiger partial charge in [0, 0.05) is 17.3 Å². The second-order valence-electron chi connectivity index (χ2n) is 6.64. The van der Waals surface area contributed by atoms with Crippen LogP contribution in [-0.4, -0.2) is 34.9 Å². The van der Waals surface area contributed by atoms with Crippen LogP contribution in [0.4, 0.5) is 20.6 Å². The molecule has 0 saturated carbocycles. The Labute approximate surface area is 177 Å². The van der Waals surface area contributed by atoms with E-state index >= 15 is 0 Å². The van der Waals surface area contributed by atoms with E-state index in [2.05, 4.69) is 20.5 Å². The van der Waals surface area contributed by atoms with Crippen LogP contribution in [0, 0.1) is 5.82 Å². The number of carbonyl (C=O) groups is 1. The first-order valence-electron chi connectivity index (χ1n) is 9.27. The standard InChI is InChI=1S/C20H19ClFN5O3/c1-29-18-7-5-13(10-23-18)27(11-17-14-3-2-8-30-19(14)26-25-17)20(28)24-12-4-6-16(22)15(21)9-12/h4-7,9-10H,2-3,8,11H2,1H3,(H,24,28)(H,25,26). The molecule has 30 heavy (non-hydrogen) atoms. The van der Waals surface area contributed by atoms with Crippen LogP contribution in [0.3, 0.4) is 0 Å². The Balaban J connectivity index is 1.63. The van der Waals surface area contributed by atoms with Gasteiger partial charge in [0.05, 0.1) is 42.9 Å². The van der Waals surface area contributed by atoms with Crippen molar-refractivity contribution in [2.24, 2.45) is 0 Å². The molecule has 2 aromatic heterocycles. The molecule has 2 amide bonds. The minimum Gasteiger partial charge on any atom is -0.481 e. The number of fused-ring (bicyclic) bond motifs is 1. The molecule has 0 atom stereocenters. The van der Waals surface area contributed by atoms with Gasteiger partial charge in [-0.2, -0.15) is 0 Å². The molecule has 0 aliphatic carbocycles. The summed E-state index contributed by atoms with van der Waals surface area (Å²) in [6.45, 7) is 0.829. The number of aromatic nitrogens is 3. The van der Waals surface area contributed by atoms with Crippen LogP contribution in [0.15, 0.2) is 36.5 Å². The maximum atomic E-state index is 13.4. The van der Waals surface area contributed by atoms with Gasteiger partial charge in [0.2, 0.25) is 11.8 Å². The quantitative estimate of drug-likeness (QED) is 0.632. The first kappa shape index (κ1) is 20.0. The lowest BCUT2D eigenvalue weighted by Crippen LogP contribution is -2.35. The topological polar surface area (TPSA) is 92.4 Å². The summed E-state index contributed by atoms with van der Waals surface area (Å²) < 4.78 is 24.1. The molecule has 3 aromatic rings.